The topological polar surface area (TPSA) is 94.6 Å². The van der Waals surface area contributed by atoms with E-state index < -0.39 is 10.0 Å². The summed E-state index contributed by atoms with van der Waals surface area (Å²) in [6, 6.07) is 9.96. The van der Waals surface area contributed by atoms with Crippen molar-refractivity contribution in [3.05, 3.63) is 42.0 Å². The number of nitrogens with zero attached hydrogens (tertiary/aromatic N) is 2. The predicted octanol–water partition coefficient (Wildman–Crippen LogP) is 2.78. The first kappa shape index (κ1) is 25.6. The van der Waals surface area contributed by atoms with E-state index in [4.69, 9.17) is 18.9 Å². The molecule has 0 unspecified atom stereocenters. The summed E-state index contributed by atoms with van der Waals surface area (Å²) in [6.07, 6.45) is 0.932. The van der Waals surface area contributed by atoms with Crippen LogP contribution < -0.4 is 18.9 Å². The Bertz CT molecular complexity index is 1070. The lowest BCUT2D eigenvalue weighted by Crippen LogP contribution is -2.43. The molecule has 0 N–H and O–H groups in total. The molecule has 1 fully saturated rings. The van der Waals surface area contributed by atoms with Gasteiger partial charge in [0.1, 0.15) is 5.75 Å². The van der Waals surface area contributed by atoms with Crippen LogP contribution in [-0.2, 0) is 21.4 Å². The van der Waals surface area contributed by atoms with E-state index in [1.807, 2.05) is 12.1 Å². The lowest BCUT2D eigenvalue weighted by Gasteiger charge is -2.32. The zero-order valence-corrected chi connectivity index (χ0v) is 21.1. The molecule has 0 aliphatic carbocycles. The number of methoxy groups -OCH3 is 4. The molecule has 0 atom stereocenters. The maximum Gasteiger partial charge on any atom is 0.243 e. The van der Waals surface area contributed by atoms with E-state index in [-0.39, 0.29) is 16.7 Å². The van der Waals surface area contributed by atoms with Gasteiger partial charge >= 0.3 is 0 Å². The monoisotopic (exact) mass is 492 g/mol. The van der Waals surface area contributed by atoms with Gasteiger partial charge in [-0.25, -0.2) is 8.42 Å². The third-order valence-corrected chi connectivity index (χ3v) is 7.93. The number of carbonyl (C=O) groups is 1. The van der Waals surface area contributed by atoms with Crippen molar-refractivity contribution in [2.45, 2.75) is 24.3 Å². The van der Waals surface area contributed by atoms with Crippen molar-refractivity contribution in [2.24, 2.45) is 5.92 Å². The fourth-order valence-electron chi connectivity index (χ4n) is 4.13. The van der Waals surface area contributed by atoms with Gasteiger partial charge in [-0.15, -0.1) is 0 Å². The Morgan fingerprint density at radius 1 is 0.941 bits per heavy atom. The van der Waals surface area contributed by atoms with Crippen molar-refractivity contribution in [2.75, 3.05) is 48.6 Å². The Balaban J connectivity index is 1.64. The quantitative estimate of drug-likeness (QED) is 0.531. The average molecular weight is 493 g/mol. The molecule has 34 heavy (non-hydrogen) atoms. The first-order chi connectivity index (χ1) is 16.2. The lowest BCUT2D eigenvalue weighted by atomic mass is 9.96. The van der Waals surface area contributed by atoms with E-state index in [0.717, 1.165) is 5.56 Å². The van der Waals surface area contributed by atoms with Crippen molar-refractivity contribution in [1.82, 2.24) is 9.21 Å². The number of rotatable bonds is 9. The van der Waals surface area contributed by atoms with Gasteiger partial charge < -0.3 is 23.8 Å². The standard InChI is InChI=1S/C24H32N2O7S/c1-25(16-17-14-21(31-3)23(33-5)22(15-17)32-4)24(27)18-10-12-26(13-11-18)34(28,29)20-8-6-19(30-2)7-9-20/h6-9,14-15,18H,10-13,16H2,1-5H3. The smallest absolute Gasteiger partial charge is 0.243 e. The molecule has 0 saturated carbocycles. The van der Waals surface area contributed by atoms with Crippen molar-refractivity contribution in [3.8, 4) is 23.0 Å². The van der Waals surface area contributed by atoms with Crippen LogP contribution in [0.5, 0.6) is 23.0 Å². The van der Waals surface area contributed by atoms with Crippen molar-refractivity contribution < 1.29 is 32.2 Å². The highest BCUT2D eigenvalue weighted by Crippen LogP contribution is 2.38. The molecule has 0 aromatic heterocycles. The molecule has 1 heterocycles. The van der Waals surface area contributed by atoms with Gasteiger partial charge in [0.25, 0.3) is 0 Å². The van der Waals surface area contributed by atoms with Crippen LogP contribution in [0, 0.1) is 5.92 Å². The highest BCUT2D eigenvalue weighted by Gasteiger charge is 2.33. The molecule has 2 aromatic carbocycles. The molecule has 2 aromatic rings. The Hall–Kier alpha value is -2.98. The number of hydrogen-bond acceptors (Lipinski definition) is 7. The maximum absolute atomic E-state index is 13.1. The third kappa shape index (κ3) is 5.39. The van der Waals surface area contributed by atoms with Crippen LogP contribution in [0.2, 0.25) is 0 Å². The van der Waals surface area contributed by atoms with E-state index in [1.54, 1.807) is 38.3 Å². The van der Waals surface area contributed by atoms with Crippen molar-refractivity contribution in [3.63, 3.8) is 0 Å². The maximum atomic E-state index is 13.1. The minimum absolute atomic E-state index is 0.0183. The molecule has 1 aliphatic heterocycles. The summed E-state index contributed by atoms with van der Waals surface area (Å²) < 4.78 is 48.6. The minimum atomic E-state index is -3.61. The molecule has 1 amide bonds. The first-order valence-corrected chi connectivity index (χ1v) is 12.4. The average Bonchev–Trinajstić information content (AvgIpc) is 2.87. The molecular weight excluding hydrogens is 460 g/mol. The van der Waals surface area contributed by atoms with Gasteiger partial charge in [0.2, 0.25) is 21.7 Å². The van der Waals surface area contributed by atoms with Gasteiger partial charge in [-0.1, -0.05) is 0 Å². The summed E-state index contributed by atoms with van der Waals surface area (Å²) in [4.78, 5) is 15.0. The molecule has 3 rings (SSSR count). The highest BCUT2D eigenvalue weighted by atomic mass is 32.2. The molecule has 186 valence electrons. The Morgan fingerprint density at radius 2 is 1.50 bits per heavy atom. The van der Waals surface area contributed by atoms with Crippen LogP contribution in [0.1, 0.15) is 18.4 Å². The summed E-state index contributed by atoms with van der Waals surface area (Å²) in [5.74, 6) is 1.88. The number of sulfonamides is 1. The Labute approximate surface area is 201 Å². The van der Waals surface area contributed by atoms with E-state index >= 15 is 0 Å². The lowest BCUT2D eigenvalue weighted by molar-refractivity contribution is -0.135. The molecule has 0 bridgehead atoms. The number of ether oxygens (including phenoxy) is 4. The number of carbonyl (C=O) groups excluding carboxylic acids is 1. The number of benzene rings is 2. The molecule has 1 saturated heterocycles. The second-order valence-electron chi connectivity index (χ2n) is 8.08. The fourth-order valence-corrected chi connectivity index (χ4v) is 5.60. The third-order valence-electron chi connectivity index (χ3n) is 6.02. The SMILES string of the molecule is COc1ccc(S(=O)(=O)N2CCC(C(=O)N(C)Cc3cc(OC)c(OC)c(OC)c3)CC2)cc1. The first-order valence-electron chi connectivity index (χ1n) is 10.9. The second kappa shape index (κ2) is 11.0. The van der Waals surface area contributed by atoms with Crippen LogP contribution in [-0.4, -0.2) is 72.1 Å². The summed E-state index contributed by atoms with van der Waals surface area (Å²) in [5, 5.41) is 0. The van der Waals surface area contributed by atoms with Crippen LogP contribution in [0.3, 0.4) is 0 Å². The molecule has 0 radical (unpaired) electrons. The number of amides is 1. The largest absolute Gasteiger partial charge is 0.497 e. The van der Waals surface area contributed by atoms with E-state index in [9.17, 15) is 13.2 Å². The molecule has 0 spiro atoms. The van der Waals surface area contributed by atoms with E-state index in [1.165, 1.54) is 30.7 Å². The molecule has 9 nitrogen and oxygen atoms in total. The Morgan fingerprint density at radius 3 is 1.97 bits per heavy atom. The predicted molar refractivity (Wildman–Crippen MR) is 127 cm³/mol. The molecule has 10 heteroatoms. The highest BCUT2D eigenvalue weighted by molar-refractivity contribution is 7.89. The molecule has 1 aliphatic rings. The second-order valence-corrected chi connectivity index (χ2v) is 10.0. The zero-order chi connectivity index (χ0) is 24.9. The van der Waals surface area contributed by atoms with Gasteiger partial charge in [0.05, 0.1) is 33.3 Å². The van der Waals surface area contributed by atoms with Gasteiger partial charge in [-0.05, 0) is 54.8 Å². The van der Waals surface area contributed by atoms with Gasteiger partial charge in [-0.3, -0.25) is 4.79 Å². The van der Waals surface area contributed by atoms with Gasteiger partial charge in [0.15, 0.2) is 11.5 Å². The summed E-state index contributed by atoms with van der Waals surface area (Å²) in [7, 11) is 4.29. The van der Waals surface area contributed by atoms with Crippen molar-refractivity contribution in [1.29, 1.82) is 0 Å². The fraction of sp³-hybridized carbons (Fsp3) is 0.458. The zero-order valence-electron chi connectivity index (χ0n) is 20.2. The van der Waals surface area contributed by atoms with Gasteiger partial charge in [0, 0.05) is 32.6 Å². The van der Waals surface area contributed by atoms with Crippen LogP contribution in [0.25, 0.3) is 0 Å². The number of piperidine rings is 1. The van der Waals surface area contributed by atoms with E-state index in [0.29, 0.717) is 55.5 Å². The van der Waals surface area contributed by atoms with Crippen LogP contribution in [0.4, 0.5) is 0 Å². The van der Waals surface area contributed by atoms with Gasteiger partial charge in [-0.2, -0.15) is 4.31 Å². The summed E-state index contributed by atoms with van der Waals surface area (Å²) in [5.41, 5.74) is 0.838. The Kier molecular flexibility index (Phi) is 8.27. The van der Waals surface area contributed by atoms with E-state index in [2.05, 4.69) is 0 Å². The van der Waals surface area contributed by atoms with Crippen LogP contribution >= 0.6 is 0 Å². The summed E-state index contributed by atoms with van der Waals surface area (Å²) >= 11 is 0. The molecular formula is C24H32N2O7S. The normalized spacial score (nSPS) is 15.0. The van der Waals surface area contributed by atoms with Crippen LogP contribution in [0.15, 0.2) is 41.3 Å². The summed E-state index contributed by atoms with van der Waals surface area (Å²) in [6.45, 7) is 0.950. The minimum Gasteiger partial charge on any atom is -0.497 e. The number of hydrogen-bond donors (Lipinski definition) is 0. The van der Waals surface area contributed by atoms with Crippen molar-refractivity contribution >= 4 is 15.9 Å².